The quantitative estimate of drug-likeness (QED) is 0.462. The lowest BCUT2D eigenvalue weighted by Crippen LogP contribution is -2.52. The van der Waals surface area contributed by atoms with E-state index in [4.69, 9.17) is 4.98 Å². The molecule has 0 saturated carbocycles. The average molecular weight is 493 g/mol. The average Bonchev–Trinajstić information content (AvgIpc) is 3.54. The van der Waals surface area contributed by atoms with Crippen molar-refractivity contribution in [3.8, 4) is 11.1 Å². The van der Waals surface area contributed by atoms with Crippen LogP contribution in [0.25, 0.3) is 22.2 Å². The zero-order chi connectivity index (χ0) is 25.7. The van der Waals surface area contributed by atoms with Crippen molar-refractivity contribution in [3.05, 3.63) is 54.4 Å². The molecule has 1 aromatic heterocycles. The molecular formula is C29H37FN4O2. The lowest BCUT2D eigenvalue weighted by atomic mass is 9.98. The van der Waals surface area contributed by atoms with Crippen molar-refractivity contribution in [3.63, 3.8) is 0 Å². The van der Waals surface area contributed by atoms with Gasteiger partial charge in [0.2, 0.25) is 11.8 Å². The zero-order valence-corrected chi connectivity index (χ0v) is 21.5. The second-order valence-electron chi connectivity index (χ2n) is 9.84. The molecule has 0 aliphatic carbocycles. The van der Waals surface area contributed by atoms with E-state index in [2.05, 4.69) is 34.6 Å². The fraction of sp³-hybridized carbons (Fsp3) is 0.483. The Morgan fingerprint density at radius 3 is 2.58 bits per heavy atom. The highest BCUT2D eigenvalue weighted by molar-refractivity contribution is 5.92. The third-order valence-corrected chi connectivity index (χ3v) is 7.64. The van der Waals surface area contributed by atoms with Crippen molar-refractivity contribution in [2.24, 2.45) is 5.92 Å². The smallest absolute Gasteiger partial charge is 0.246 e. The maximum atomic E-state index is 13.8. The van der Waals surface area contributed by atoms with Crippen LogP contribution in [0.5, 0.6) is 0 Å². The minimum atomic E-state index is -0.450. The van der Waals surface area contributed by atoms with Crippen LogP contribution >= 0.6 is 0 Å². The number of fused-ring (bicyclic) bond motifs is 2. The zero-order valence-electron chi connectivity index (χ0n) is 21.5. The lowest BCUT2D eigenvalue weighted by Gasteiger charge is -2.35. The van der Waals surface area contributed by atoms with Crippen molar-refractivity contribution in [1.29, 1.82) is 0 Å². The van der Waals surface area contributed by atoms with Gasteiger partial charge < -0.3 is 15.2 Å². The summed E-state index contributed by atoms with van der Waals surface area (Å²) in [7, 11) is 0.500. The predicted molar refractivity (Wildman–Crippen MR) is 141 cm³/mol. The van der Waals surface area contributed by atoms with Crippen LogP contribution < -0.4 is 5.32 Å². The molecule has 6 nitrogen and oxygen atoms in total. The first-order chi connectivity index (χ1) is 17.6. The van der Waals surface area contributed by atoms with E-state index in [9.17, 15) is 14.0 Å². The summed E-state index contributed by atoms with van der Waals surface area (Å²) in [5, 5.41) is 3.07. The van der Waals surface area contributed by atoms with Gasteiger partial charge in [0.05, 0.1) is 24.3 Å². The largest absolute Gasteiger partial charge is 0.344 e. The van der Waals surface area contributed by atoms with E-state index < -0.39 is 6.04 Å². The van der Waals surface area contributed by atoms with Gasteiger partial charge in [-0.3, -0.25) is 14.0 Å². The van der Waals surface area contributed by atoms with E-state index in [1.807, 2.05) is 43.0 Å². The summed E-state index contributed by atoms with van der Waals surface area (Å²) in [6, 6.07) is 16.2. The van der Waals surface area contributed by atoms with E-state index in [-0.39, 0.29) is 29.8 Å². The topological polar surface area (TPSA) is 78.1 Å². The van der Waals surface area contributed by atoms with Gasteiger partial charge in [0.1, 0.15) is 11.9 Å². The number of amides is 2. The third-order valence-electron chi connectivity index (χ3n) is 7.64. The van der Waals surface area contributed by atoms with Crippen molar-refractivity contribution in [1.82, 2.24) is 20.2 Å². The van der Waals surface area contributed by atoms with Crippen molar-refractivity contribution >= 4 is 22.8 Å². The number of H-pyrrole nitrogens is 1. The van der Waals surface area contributed by atoms with Gasteiger partial charge in [0, 0.05) is 17.5 Å². The van der Waals surface area contributed by atoms with Crippen LogP contribution in [-0.2, 0) is 9.59 Å². The van der Waals surface area contributed by atoms with Gasteiger partial charge >= 0.3 is 0 Å². The molecule has 2 aliphatic heterocycles. The number of carbonyl (C=O) groups excluding carboxylic acids is 2. The van der Waals surface area contributed by atoms with Crippen molar-refractivity contribution in [2.45, 2.75) is 76.9 Å². The summed E-state index contributed by atoms with van der Waals surface area (Å²) in [4.78, 5) is 37.0. The molecule has 0 bridgehead atoms. The summed E-state index contributed by atoms with van der Waals surface area (Å²) in [6.45, 7) is 3.92. The number of para-hydroxylation sites is 1. The maximum absolute atomic E-state index is 13.8. The van der Waals surface area contributed by atoms with E-state index in [1.54, 1.807) is 0 Å². The molecule has 0 spiro atoms. The summed E-state index contributed by atoms with van der Waals surface area (Å²) in [6.07, 6.45) is 6.41. The molecule has 36 heavy (non-hydrogen) atoms. The first kappa shape index (κ1) is 25.9. The van der Waals surface area contributed by atoms with Crippen LogP contribution in [0.4, 0.5) is 4.39 Å². The number of nitrogens with one attached hydrogen (secondary N) is 2. The molecule has 3 heterocycles. The molecule has 3 aromatic rings. The number of benzene rings is 2. The summed E-state index contributed by atoms with van der Waals surface area (Å²) in [5.41, 5.74) is 4.15. The van der Waals surface area contributed by atoms with E-state index in [0.717, 1.165) is 66.5 Å². The summed E-state index contributed by atoms with van der Waals surface area (Å²) in [5.74, 6) is 0.787. The molecule has 2 aromatic carbocycles. The number of halogens is 1. The number of carbonyl (C=O) groups is 2. The Morgan fingerprint density at radius 1 is 1.08 bits per heavy atom. The highest BCUT2D eigenvalue weighted by Gasteiger charge is 2.42. The molecule has 2 N–H and O–H groups in total. The maximum Gasteiger partial charge on any atom is 0.246 e. The number of imidazole rings is 1. The van der Waals surface area contributed by atoms with E-state index >= 15 is 0 Å². The van der Waals surface area contributed by atoms with Crippen LogP contribution in [0, 0.1) is 5.92 Å². The molecule has 4 atom stereocenters. The van der Waals surface area contributed by atoms with Crippen LogP contribution in [0.3, 0.4) is 0 Å². The first-order valence-electron chi connectivity index (χ1n) is 13.1. The number of hydrogen-bond acceptors (Lipinski definition) is 3. The van der Waals surface area contributed by atoms with Crippen LogP contribution in [0.15, 0.2) is 48.5 Å². The Labute approximate surface area is 212 Å². The summed E-state index contributed by atoms with van der Waals surface area (Å²) < 4.78 is 9.50. The van der Waals surface area contributed by atoms with Gasteiger partial charge in [-0.25, -0.2) is 4.98 Å². The monoisotopic (exact) mass is 492 g/mol. The van der Waals surface area contributed by atoms with Gasteiger partial charge in [0.25, 0.3) is 0 Å². The molecule has 5 rings (SSSR count). The Kier molecular flexibility index (Phi) is 8.39. The second-order valence-corrected chi connectivity index (χ2v) is 9.84. The van der Waals surface area contributed by atoms with Gasteiger partial charge in [-0.15, -0.1) is 0 Å². The number of nitrogens with zero attached hydrogens (tertiary/aromatic N) is 2. The Hall–Kier alpha value is -3.22. The van der Waals surface area contributed by atoms with Crippen LogP contribution in [0.2, 0.25) is 0 Å². The first-order valence-corrected chi connectivity index (χ1v) is 13.1. The fourth-order valence-corrected chi connectivity index (χ4v) is 5.49. The van der Waals surface area contributed by atoms with Gasteiger partial charge in [-0.2, -0.15) is 0 Å². The number of aromatic amines is 1. The molecule has 7 heteroatoms. The van der Waals surface area contributed by atoms with E-state index in [1.165, 1.54) is 0 Å². The molecule has 2 fully saturated rings. The molecular weight excluding hydrogens is 455 g/mol. The highest BCUT2D eigenvalue weighted by Crippen LogP contribution is 2.40. The number of aromatic nitrogens is 2. The van der Waals surface area contributed by atoms with Gasteiger partial charge in [-0.1, -0.05) is 69.2 Å². The normalized spacial score (nSPS) is 22.7. The predicted octanol–water partition coefficient (Wildman–Crippen LogP) is 5.95. The second kappa shape index (κ2) is 11.7. The summed E-state index contributed by atoms with van der Waals surface area (Å²) >= 11 is 0. The Morgan fingerprint density at radius 2 is 1.83 bits per heavy atom. The highest BCUT2D eigenvalue weighted by atomic mass is 19.1. The third kappa shape index (κ3) is 5.15. The van der Waals surface area contributed by atoms with Crippen LogP contribution in [0.1, 0.15) is 70.7 Å². The standard InChI is InChI=1S/C28H34N4O2.CH3F/c1-3-18(2)27(33)30-23-14-8-7-12-20-16-17-24(32(20)28(23)34)26-29-22-15-9-13-21(25(22)31-26)19-10-5-4-6-11-19;1-2/h4-6,9-11,13,15,18,20,23-24H,3,7-8,12,14,16-17H2,1-2H3,(H,29,31)(H,30,33);1H3/t18-,20+,23+,24+;/m1./s1. The minimum absolute atomic E-state index is 0.0232. The number of rotatable bonds is 5. The number of alkyl halides is 1. The van der Waals surface area contributed by atoms with Crippen molar-refractivity contribution < 1.29 is 14.0 Å². The minimum Gasteiger partial charge on any atom is -0.344 e. The Balaban J connectivity index is 0.00000148. The Bertz CT molecular complexity index is 1180. The molecule has 0 radical (unpaired) electrons. The fourth-order valence-electron chi connectivity index (χ4n) is 5.49. The van der Waals surface area contributed by atoms with Gasteiger partial charge in [-0.05, 0) is 43.7 Å². The SMILES string of the molecule is CC[C@@H](C)C(=O)N[C@H]1CCCC[C@H]2CC[C@@H](c3nc4c(-c5ccccc5)cccc4[nH]3)N2C1=O.CF. The van der Waals surface area contributed by atoms with E-state index in [0.29, 0.717) is 13.6 Å². The van der Waals surface area contributed by atoms with Crippen molar-refractivity contribution in [2.75, 3.05) is 7.18 Å². The van der Waals surface area contributed by atoms with Crippen LogP contribution in [-0.4, -0.2) is 45.9 Å². The molecule has 192 valence electrons. The van der Waals surface area contributed by atoms with Gasteiger partial charge in [0.15, 0.2) is 0 Å². The molecule has 2 amide bonds. The number of hydrogen-bond donors (Lipinski definition) is 2. The molecule has 2 saturated heterocycles. The molecule has 2 aliphatic rings. The molecule has 0 unspecified atom stereocenters. The lowest BCUT2D eigenvalue weighted by molar-refractivity contribution is -0.141.